The number of thiazole rings is 1. The minimum Gasteiger partial charge on any atom is -0.477 e. The van der Waals surface area contributed by atoms with Gasteiger partial charge in [0.1, 0.15) is 34.1 Å². The smallest absolute Gasteiger partial charge is 0.352 e. The van der Waals surface area contributed by atoms with Gasteiger partial charge in [0.05, 0.1) is 6.61 Å². The lowest BCUT2D eigenvalue weighted by molar-refractivity contribution is -0.661. The number of nitrogens with two attached hydrogens (primary N) is 2. The van der Waals surface area contributed by atoms with Crippen molar-refractivity contribution in [2.45, 2.75) is 24.9 Å². The number of carboxylic acid groups (broad SMARTS) is 1. The molecule has 1 saturated heterocycles. The summed E-state index contributed by atoms with van der Waals surface area (Å²) in [4.78, 5) is 65.8. The van der Waals surface area contributed by atoms with E-state index in [0.29, 0.717) is 22.0 Å². The first-order chi connectivity index (χ1) is 20.2. The molecule has 3 aromatic rings. The Morgan fingerprint density at radius 1 is 1.24 bits per heavy atom. The molecule has 2 amide bonds. The molecule has 0 aromatic carbocycles. The van der Waals surface area contributed by atoms with Crippen molar-refractivity contribution in [3.8, 4) is 0 Å². The Morgan fingerprint density at radius 3 is 2.79 bits per heavy atom. The van der Waals surface area contributed by atoms with E-state index in [4.69, 9.17) is 21.0 Å². The number of pyridine rings is 2. The Hall–Kier alpha value is -4.77. The molecular weight excluding hydrogens is 588 g/mol. The van der Waals surface area contributed by atoms with Crippen LogP contribution in [0.2, 0.25) is 0 Å². The fourth-order valence-corrected chi connectivity index (χ4v) is 6.58. The van der Waals surface area contributed by atoms with Crippen LogP contribution in [0.3, 0.4) is 0 Å². The van der Waals surface area contributed by atoms with Gasteiger partial charge in [-0.15, -0.1) is 11.8 Å². The zero-order valence-electron chi connectivity index (χ0n) is 22.1. The van der Waals surface area contributed by atoms with Crippen molar-refractivity contribution >= 4 is 73.9 Å². The maximum Gasteiger partial charge on any atom is 0.352 e. The van der Waals surface area contributed by atoms with Crippen molar-refractivity contribution in [1.29, 1.82) is 0 Å². The highest BCUT2D eigenvalue weighted by atomic mass is 32.2. The molecule has 15 nitrogen and oxygen atoms in total. The molecule has 2 aliphatic heterocycles. The predicted molar refractivity (Wildman–Crippen MR) is 152 cm³/mol. The summed E-state index contributed by atoms with van der Waals surface area (Å²) in [5, 5.41) is 16.1. The number of nitrogens with zero attached hydrogens (tertiary/aromatic N) is 5. The number of esters is 1. The average molecular weight is 614 g/mol. The number of nitrogen functional groups attached to an aromatic ring is 2. The van der Waals surface area contributed by atoms with Crippen molar-refractivity contribution in [3.63, 3.8) is 0 Å². The summed E-state index contributed by atoms with van der Waals surface area (Å²) in [6.07, 6.45) is 1.79. The molecule has 5 rings (SSSR count). The van der Waals surface area contributed by atoms with E-state index in [9.17, 15) is 24.3 Å². The summed E-state index contributed by atoms with van der Waals surface area (Å²) in [7, 11) is 0. The van der Waals surface area contributed by atoms with E-state index < -0.39 is 41.8 Å². The van der Waals surface area contributed by atoms with Crippen LogP contribution in [-0.4, -0.2) is 79.8 Å². The van der Waals surface area contributed by atoms with Gasteiger partial charge in [0.25, 0.3) is 16.6 Å². The Morgan fingerprint density at radius 2 is 2.05 bits per heavy atom. The number of rotatable bonds is 10. The topological polar surface area (TPSA) is 216 Å². The standard InChI is InChI=1S/C25H24N8O7S2/c1-2-39-16(34)10-40-31-17(13-5-3-7-15(26)28-13)20(35)30-18-21(36)33-19(24(37)38)12(11-41-23(18)33)9-32-8-4-6-14-22(32)42-25(27)29-14/h3-8,18,23H,2,9-11H2,1H3,(H5-,26,27,28,29,30,35,37,38)/p+1/t18?,23-/m0/s1. The second kappa shape index (κ2) is 12.0. The molecule has 218 valence electrons. The summed E-state index contributed by atoms with van der Waals surface area (Å²) in [5.41, 5.74) is 12.4. The number of amides is 2. The molecule has 0 spiro atoms. The van der Waals surface area contributed by atoms with Crippen molar-refractivity contribution in [2.75, 3.05) is 30.4 Å². The predicted octanol–water partition coefficient (Wildman–Crippen LogP) is -0.134. The Labute approximate surface area is 246 Å². The number of β-lactam (4-membered cyclic amide) rings is 1. The number of hydrogen-bond donors (Lipinski definition) is 4. The van der Waals surface area contributed by atoms with Gasteiger partial charge in [-0.25, -0.2) is 19.6 Å². The number of ether oxygens (including phenoxy) is 1. The van der Waals surface area contributed by atoms with E-state index in [1.54, 1.807) is 25.3 Å². The number of oxime groups is 1. The molecule has 42 heavy (non-hydrogen) atoms. The minimum atomic E-state index is -1.26. The first-order valence-corrected chi connectivity index (χ1v) is 14.4. The van der Waals surface area contributed by atoms with Gasteiger partial charge >= 0.3 is 11.9 Å². The lowest BCUT2D eigenvalue weighted by Crippen LogP contribution is -2.71. The zero-order chi connectivity index (χ0) is 30.0. The Bertz CT molecular complexity index is 1660. The quantitative estimate of drug-likeness (QED) is 0.0773. The second-order valence-electron chi connectivity index (χ2n) is 8.96. The highest BCUT2D eigenvalue weighted by Crippen LogP contribution is 2.40. The van der Waals surface area contributed by atoms with E-state index in [1.807, 2.05) is 10.6 Å². The molecule has 6 N–H and O–H groups in total. The molecular formula is C25H25N8O7S2+. The molecule has 0 aliphatic carbocycles. The molecule has 0 radical (unpaired) electrons. The third-order valence-corrected chi connectivity index (χ3v) is 8.48. The number of carbonyl (C=O) groups is 4. The van der Waals surface area contributed by atoms with Crippen LogP contribution in [0.5, 0.6) is 0 Å². The van der Waals surface area contributed by atoms with Gasteiger partial charge in [-0.2, -0.15) is 4.57 Å². The van der Waals surface area contributed by atoms with Gasteiger partial charge in [-0.1, -0.05) is 11.2 Å². The fraction of sp³-hybridized carbons (Fsp3) is 0.280. The van der Waals surface area contributed by atoms with Crippen molar-refractivity contribution in [1.82, 2.24) is 20.2 Å². The normalized spacial score (nSPS) is 18.4. The monoisotopic (exact) mass is 613 g/mol. The van der Waals surface area contributed by atoms with Crippen molar-refractivity contribution in [3.05, 3.63) is 53.5 Å². The van der Waals surface area contributed by atoms with Gasteiger partial charge < -0.3 is 31.5 Å². The van der Waals surface area contributed by atoms with E-state index in [1.165, 1.54) is 40.1 Å². The maximum absolute atomic E-state index is 13.3. The van der Waals surface area contributed by atoms with Crippen LogP contribution in [0.25, 0.3) is 10.3 Å². The van der Waals surface area contributed by atoms with Crippen LogP contribution >= 0.6 is 23.1 Å². The van der Waals surface area contributed by atoms with E-state index in [2.05, 4.69) is 20.4 Å². The van der Waals surface area contributed by atoms with Gasteiger partial charge in [-0.3, -0.25) is 14.5 Å². The molecule has 17 heteroatoms. The van der Waals surface area contributed by atoms with Gasteiger partial charge in [0.2, 0.25) is 6.61 Å². The number of carbonyl (C=O) groups excluding carboxylic acids is 3. The first kappa shape index (κ1) is 28.7. The van der Waals surface area contributed by atoms with Crippen molar-refractivity contribution < 1.29 is 38.4 Å². The summed E-state index contributed by atoms with van der Waals surface area (Å²) < 4.78 is 6.62. The Kier molecular flexibility index (Phi) is 8.21. The SMILES string of the molecule is CCOC(=O)CON=C(C(=O)NC1C(=O)N2C(C(=O)O)=C(C[n+]3cccc4nc(N)sc43)CS[C@@H]12)c1cccc(N)n1. The lowest BCUT2D eigenvalue weighted by Gasteiger charge is -2.49. The van der Waals surface area contributed by atoms with Crippen LogP contribution in [-0.2, 0) is 35.3 Å². The van der Waals surface area contributed by atoms with E-state index in [-0.39, 0.29) is 36.1 Å². The fourth-order valence-electron chi connectivity index (χ4n) is 4.45. The van der Waals surface area contributed by atoms with Gasteiger partial charge in [0, 0.05) is 17.4 Å². The molecule has 0 saturated carbocycles. The Balaban J connectivity index is 1.36. The van der Waals surface area contributed by atoms with Crippen LogP contribution in [0.15, 0.2) is 53.0 Å². The molecule has 5 heterocycles. The van der Waals surface area contributed by atoms with Crippen LogP contribution < -0.4 is 21.4 Å². The van der Waals surface area contributed by atoms with Crippen LogP contribution in [0, 0.1) is 0 Å². The second-order valence-corrected chi connectivity index (χ2v) is 11.1. The summed E-state index contributed by atoms with van der Waals surface area (Å²) in [6.45, 7) is 1.41. The molecule has 1 unspecified atom stereocenters. The largest absolute Gasteiger partial charge is 0.477 e. The number of anilines is 2. The number of thioether (sulfide) groups is 1. The molecule has 3 aromatic heterocycles. The summed E-state index contributed by atoms with van der Waals surface area (Å²) in [6, 6.07) is 7.05. The van der Waals surface area contributed by atoms with Gasteiger partial charge in [0.15, 0.2) is 23.6 Å². The molecule has 2 aliphatic rings. The number of carboxylic acids is 1. The van der Waals surface area contributed by atoms with E-state index >= 15 is 0 Å². The first-order valence-electron chi connectivity index (χ1n) is 12.5. The van der Waals surface area contributed by atoms with Crippen LogP contribution in [0.1, 0.15) is 12.6 Å². The van der Waals surface area contributed by atoms with Crippen molar-refractivity contribution in [2.24, 2.45) is 5.16 Å². The molecule has 1 fully saturated rings. The number of nitrogens with one attached hydrogen (secondary N) is 1. The van der Waals surface area contributed by atoms with Gasteiger partial charge in [-0.05, 0) is 36.5 Å². The number of aromatic nitrogens is 3. The number of aliphatic carboxylic acids is 1. The highest BCUT2D eigenvalue weighted by molar-refractivity contribution is 8.00. The zero-order valence-corrected chi connectivity index (χ0v) is 23.7. The number of hydrogen-bond acceptors (Lipinski definition) is 13. The third-order valence-electron chi connectivity index (χ3n) is 6.20. The molecule has 2 atom stereocenters. The summed E-state index contributed by atoms with van der Waals surface area (Å²) >= 11 is 2.59. The van der Waals surface area contributed by atoms with Crippen LogP contribution in [0.4, 0.5) is 10.9 Å². The summed E-state index contributed by atoms with van der Waals surface area (Å²) in [5.74, 6) is -2.99. The molecule has 0 bridgehead atoms. The third kappa shape index (κ3) is 5.68. The number of fused-ring (bicyclic) bond motifs is 2. The minimum absolute atomic E-state index is 0.0413. The van der Waals surface area contributed by atoms with E-state index in [0.717, 1.165) is 4.83 Å². The maximum atomic E-state index is 13.3. The highest BCUT2D eigenvalue weighted by Gasteiger charge is 2.55. The lowest BCUT2D eigenvalue weighted by atomic mass is 10.0. The average Bonchev–Trinajstić information content (AvgIpc) is 3.34.